The molecule has 0 bridgehead atoms. The van der Waals surface area contributed by atoms with E-state index >= 15 is 0 Å². The normalized spacial score (nSPS) is 10.6. The van der Waals surface area contributed by atoms with Crippen LogP contribution < -0.4 is 0 Å². The van der Waals surface area contributed by atoms with Crippen LogP contribution in [0.3, 0.4) is 0 Å². The average Bonchev–Trinajstić information content (AvgIpc) is 3.04. The van der Waals surface area contributed by atoms with Gasteiger partial charge in [-0.3, -0.25) is 0 Å². The van der Waals surface area contributed by atoms with E-state index in [1.165, 1.54) is 7.11 Å². The van der Waals surface area contributed by atoms with E-state index in [-0.39, 0.29) is 5.97 Å². The second-order valence-corrected chi connectivity index (χ2v) is 5.48. The van der Waals surface area contributed by atoms with Crippen LogP contribution in [0.15, 0.2) is 55.0 Å². The number of aryl methyl sites for hydroxylation is 2. The number of methoxy groups -OCH3 is 1. The summed E-state index contributed by atoms with van der Waals surface area (Å²) in [5.74, 6) is -0.304. The zero-order valence-electron chi connectivity index (χ0n) is 13.4. The number of benzene rings is 2. The lowest BCUT2D eigenvalue weighted by Crippen LogP contribution is -2.07. The van der Waals surface area contributed by atoms with E-state index in [9.17, 15) is 4.79 Å². The number of carbonyl (C=O) groups is 1. The van der Waals surface area contributed by atoms with E-state index in [1.807, 2.05) is 67.1 Å². The van der Waals surface area contributed by atoms with Gasteiger partial charge < -0.3 is 9.30 Å². The summed E-state index contributed by atoms with van der Waals surface area (Å²) >= 11 is 0. The Morgan fingerprint density at radius 2 is 1.74 bits per heavy atom. The first-order valence-electron chi connectivity index (χ1n) is 7.39. The zero-order chi connectivity index (χ0) is 16.4. The summed E-state index contributed by atoms with van der Waals surface area (Å²) in [4.78, 5) is 16.3. The molecular formula is C19H18N2O2. The molecule has 0 aliphatic heterocycles. The van der Waals surface area contributed by atoms with Gasteiger partial charge in [-0.05, 0) is 37.1 Å². The number of imidazole rings is 1. The molecule has 0 amide bonds. The number of hydrogen-bond donors (Lipinski definition) is 0. The zero-order valence-corrected chi connectivity index (χ0v) is 13.4. The van der Waals surface area contributed by atoms with Crippen molar-refractivity contribution in [1.82, 2.24) is 9.55 Å². The molecule has 1 heterocycles. The predicted octanol–water partition coefficient (Wildman–Crippen LogP) is 3.94. The van der Waals surface area contributed by atoms with Crippen molar-refractivity contribution < 1.29 is 9.53 Å². The smallest absolute Gasteiger partial charge is 0.338 e. The van der Waals surface area contributed by atoms with E-state index in [0.717, 1.165) is 28.1 Å². The predicted molar refractivity (Wildman–Crippen MR) is 89.8 cm³/mol. The van der Waals surface area contributed by atoms with Crippen molar-refractivity contribution >= 4 is 5.97 Å². The SMILES string of the molecule is COC(=O)c1c(C)cc(-n2cnc(-c3ccccc3)c2)cc1C. The minimum absolute atomic E-state index is 0.304. The quantitative estimate of drug-likeness (QED) is 0.688. The molecule has 0 saturated heterocycles. The van der Waals surface area contributed by atoms with Crippen molar-refractivity contribution in [2.45, 2.75) is 13.8 Å². The fourth-order valence-corrected chi connectivity index (χ4v) is 2.74. The first-order chi connectivity index (χ1) is 11.1. The van der Waals surface area contributed by atoms with Crippen LogP contribution in [0.4, 0.5) is 0 Å². The summed E-state index contributed by atoms with van der Waals surface area (Å²) in [6.45, 7) is 3.83. The van der Waals surface area contributed by atoms with Gasteiger partial charge in [0.1, 0.15) is 0 Å². The highest BCUT2D eigenvalue weighted by molar-refractivity contribution is 5.93. The molecule has 0 aliphatic carbocycles. The third kappa shape index (κ3) is 2.88. The van der Waals surface area contributed by atoms with Crippen molar-refractivity contribution in [3.05, 3.63) is 71.7 Å². The van der Waals surface area contributed by atoms with Crippen molar-refractivity contribution in [3.8, 4) is 16.9 Å². The molecule has 0 fully saturated rings. The minimum atomic E-state index is -0.304. The van der Waals surface area contributed by atoms with E-state index in [1.54, 1.807) is 6.33 Å². The van der Waals surface area contributed by atoms with Crippen LogP contribution in [0.1, 0.15) is 21.5 Å². The van der Waals surface area contributed by atoms with Gasteiger partial charge in [-0.2, -0.15) is 0 Å². The number of ether oxygens (including phenoxy) is 1. The first-order valence-corrected chi connectivity index (χ1v) is 7.39. The second-order valence-electron chi connectivity index (χ2n) is 5.48. The molecule has 4 heteroatoms. The standard InChI is InChI=1S/C19H18N2O2/c1-13-9-16(10-14(2)18(13)19(22)23-3)21-11-17(20-12-21)15-7-5-4-6-8-15/h4-12H,1-3H3. The lowest BCUT2D eigenvalue weighted by Gasteiger charge is -2.11. The Kier molecular flexibility index (Phi) is 3.98. The lowest BCUT2D eigenvalue weighted by atomic mass is 10.0. The number of hydrogen-bond acceptors (Lipinski definition) is 3. The summed E-state index contributed by atoms with van der Waals surface area (Å²) in [6.07, 6.45) is 3.77. The van der Waals surface area contributed by atoms with Crippen LogP contribution in [-0.2, 0) is 4.74 Å². The summed E-state index contributed by atoms with van der Waals surface area (Å²) in [6, 6.07) is 14.0. The number of nitrogens with zero attached hydrogens (tertiary/aromatic N) is 2. The molecule has 0 spiro atoms. The van der Waals surface area contributed by atoms with Gasteiger partial charge in [0.2, 0.25) is 0 Å². The highest BCUT2D eigenvalue weighted by Gasteiger charge is 2.14. The molecular weight excluding hydrogens is 288 g/mol. The second kappa shape index (κ2) is 6.08. The third-order valence-corrected chi connectivity index (χ3v) is 3.86. The summed E-state index contributed by atoms with van der Waals surface area (Å²) in [5, 5.41) is 0. The van der Waals surface area contributed by atoms with Gasteiger partial charge in [0.05, 0.1) is 24.7 Å². The molecule has 0 atom stereocenters. The van der Waals surface area contributed by atoms with Gasteiger partial charge in [0, 0.05) is 17.4 Å². The molecule has 1 aromatic heterocycles. The summed E-state index contributed by atoms with van der Waals surface area (Å²) < 4.78 is 6.81. The van der Waals surface area contributed by atoms with Gasteiger partial charge in [-0.1, -0.05) is 30.3 Å². The molecule has 0 unspecified atom stereocenters. The average molecular weight is 306 g/mol. The van der Waals surface area contributed by atoms with Crippen LogP contribution in [0.2, 0.25) is 0 Å². The molecule has 4 nitrogen and oxygen atoms in total. The molecule has 0 N–H and O–H groups in total. The molecule has 23 heavy (non-hydrogen) atoms. The monoisotopic (exact) mass is 306 g/mol. The molecule has 3 aromatic rings. The number of carbonyl (C=O) groups excluding carboxylic acids is 1. The Bertz CT molecular complexity index is 828. The Balaban J connectivity index is 2.00. The molecule has 2 aromatic carbocycles. The Morgan fingerprint density at radius 3 is 2.35 bits per heavy atom. The summed E-state index contributed by atoms with van der Waals surface area (Å²) in [5.41, 5.74) is 5.37. The highest BCUT2D eigenvalue weighted by Crippen LogP contribution is 2.23. The van der Waals surface area contributed by atoms with Crippen LogP contribution in [0.25, 0.3) is 16.9 Å². The van der Waals surface area contributed by atoms with E-state index in [4.69, 9.17) is 4.74 Å². The fourth-order valence-electron chi connectivity index (χ4n) is 2.74. The molecule has 0 aliphatic rings. The maximum absolute atomic E-state index is 11.9. The van der Waals surface area contributed by atoms with Gasteiger partial charge >= 0.3 is 5.97 Å². The van der Waals surface area contributed by atoms with Crippen molar-refractivity contribution in [2.24, 2.45) is 0 Å². The van der Waals surface area contributed by atoms with Gasteiger partial charge in [0.25, 0.3) is 0 Å². The van der Waals surface area contributed by atoms with Crippen LogP contribution in [0.5, 0.6) is 0 Å². The molecule has 3 rings (SSSR count). The molecule has 0 radical (unpaired) electrons. The highest BCUT2D eigenvalue weighted by atomic mass is 16.5. The Morgan fingerprint density at radius 1 is 1.09 bits per heavy atom. The van der Waals surface area contributed by atoms with Gasteiger partial charge in [0.15, 0.2) is 0 Å². The van der Waals surface area contributed by atoms with Crippen LogP contribution in [0, 0.1) is 13.8 Å². The van der Waals surface area contributed by atoms with Crippen molar-refractivity contribution in [2.75, 3.05) is 7.11 Å². The van der Waals surface area contributed by atoms with Crippen molar-refractivity contribution in [3.63, 3.8) is 0 Å². The summed E-state index contributed by atoms with van der Waals surface area (Å²) in [7, 11) is 1.40. The molecule has 116 valence electrons. The maximum Gasteiger partial charge on any atom is 0.338 e. The topological polar surface area (TPSA) is 44.1 Å². The number of rotatable bonds is 3. The van der Waals surface area contributed by atoms with Gasteiger partial charge in [-0.25, -0.2) is 9.78 Å². The van der Waals surface area contributed by atoms with E-state index in [0.29, 0.717) is 5.56 Å². The maximum atomic E-state index is 11.9. The number of aromatic nitrogens is 2. The van der Waals surface area contributed by atoms with E-state index < -0.39 is 0 Å². The van der Waals surface area contributed by atoms with Crippen LogP contribution >= 0.6 is 0 Å². The van der Waals surface area contributed by atoms with E-state index in [2.05, 4.69) is 4.98 Å². The largest absolute Gasteiger partial charge is 0.465 e. The lowest BCUT2D eigenvalue weighted by molar-refractivity contribution is 0.0599. The minimum Gasteiger partial charge on any atom is -0.465 e. The Labute approximate surface area is 135 Å². The van der Waals surface area contributed by atoms with Gasteiger partial charge in [-0.15, -0.1) is 0 Å². The fraction of sp³-hybridized carbons (Fsp3) is 0.158. The third-order valence-electron chi connectivity index (χ3n) is 3.86. The Hall–Kier alpha value is -2.88. The van der Waals surface area contributed by atoms with Crippen LogP contribution in [-0.4, -0.2) is 22.6 Å². The van der Waals surface area contributed by atoms with Crippen molar-refractivity contribution in [1.29, 1.82) is 0 Å². The number of esters is 1. The molecule has 0 saturated carbocycles. The first kappa shape index (κ1) is 15.0.